The molecule has 0 aromatic heterocycles. The van der Waals surface area contributed by atoms with E-state index in [1.807, 2.05) is 0 Å². The molecular formula is C16H27NO. The van der Waals surface area contributed by atoms with Crippen LogP contribution < -0.4 is 0 Å². The average Bonchev–Trinajstić information content (AvgIpc) is 2.40. The average molecular weight is 249 g/mol. The summed E-state index contributed by atoms with van der Waals surface area (Å²) in [5, 5.41) is 10.2. The minimum absolute atomic E-state index is 0.649. The van der Waals surface area contributed by atoms with Crippen molar-refractivity contribution in [2.24, 2.45) is 0 Å². The maximum atomic E-state index is 10.2. The molecule has 1 saturated heterocycles. The number of nitrogens with zero attached hydrogens (tertiary/aromatic N) is 1. The number of hydrogen-bond acceptors (Lipinski definition) is 2. The largest absolute Gasteiger partial charge is 0.378 e. The molecule has 1 aliphatic heterocycles. The van der Waals surface area contributed by atoms with Gasteiger partial charge >= 0.3 is 0 Å². The molecule has 2 fully saturated rings. The first kappa shape index (κ1) is 13.9. The summed E-state index contributed by atoms with van der Waals surface area (Å²) in [6, 6.07) is 0. The van der Waals surface area contributed by atoms with Gasteiger partial charge in [0.25, 0.3) is 0 Å². The summed E-state index contributed by atoms with van der Waals surface area (Å²) in [6.07, 6.45) is 11.5. The molecule has 18 heavy (non-hydrogen) atoms. The fraction of sp³-hybridized carbons (Fsp3) is 0.875. The van der Waals surface area contributed by atoms with Gasteiger partial charge in [0.2, 0.25) is 0 Å². The molecule has 0 spiro atoms. The van der Waals surface area contributed by atoms with Gasteiger partial charge in [-0.25, -0.2) is 0 Å². The van der Waals surface area contributed by atoms with Crippen molar-refractivity contribution in [3.63, 3.8) is 0 Å². The second kappa shape index (κ2) is 7.16. The summed E-state index contributed by atoms with van der Waals surface area (Å²) in [5.74, 6) is 6.33. The number of hydrogen-bond donors (Lipinski definition) is 1. The number of rotatable bonds is 3. The van der Waals surface area contributed by atoms with Gasteiger partial charge in [-0.1, -0.05) is 18.8 Å². The normalized spacial score (nSPS) is 24.3. The van der Waals surface area contributed by atoms with Crippen molar-refractivity contribution in [2.75, 3.05) is 19.6 Å². The van der Waals surface area contributed by atoms with Gasteiger partial charge in [0.1, 0.15) is 5.60 Å². The minimum atomic E-state index is -0.649. The monoisotopic (exact) mass is 249 g/mol. The highest BCUT2D eigenvalue weighted by Gasteiger charge is 2.26. The van der Waals surface area contributed by atoms with E-state index in [2.05, 4.69) is 16.7 Å². The van der Waals surface area contributed by atoms with Crippen LogP contribution in [0.5, 0.6) is 0 Å². The highest BCUT2D eigenvalue weighted by molar-refractivity contribution is 5.14. The lowest BCUT2D eigenvalue weighted by Crippen LogP contribution is -2.30. The molecule has 0 unspecified atom stereocenters. The van der Waals surface area contributed by atoms with Crippen molar-refractivity contribution in [2.45, 2.75) is 69.8 Å². The minimum Gasteiger partial charge on any atom is -0.378 e. The Labute approximate surface area is 112 Å². The SMILES string of the molecule is OC1(C#CCCCN2CCCCC2)CCCCC1. The first-order valence-corrected chi connectivity index (χ1v) is 7.73. The first-order valence-electron chi connectivity index (χ1n) is 7.73. The molecule has 102 valence electrons. The van der Waals surface area contributed by atoms with Gasteiger partial charge in [-0.2, -0.15) is 0 Å². The maximum Gasteiger partial charge on any atom is 0.125 e. The summed E-state index contributed by atoms with van der Waals surface area (Å²) >= 11 is 0. The van der Waals surface area contributed by atoms with Crippen LogP contribution in [0.2, 0.25) is 0 Å². The Balaban J connectivity index is 1.62. The van der Waals surface area contributed by atoms with E-state index in [9.17, 15) is 5.11 Å². The van der Waals surface area contributed by atoms with Crippen LogP contribution in [-0.4, -0.2) is 35.2 Å². The molecule has 2 heteroatoms. The topological polar surface area (TPSA) is 23.5 Å². The lowest BCUT2D eigenvalue weighted by atomic mass is 9.85. The molecule has 2 rings (SSSR count). The molecule has 0 bridgehead atoms. The van der Waals surface area contributed by atoms with Crippen LogP contribution in [0, 0.1) is 11.8 Å². The standard InChI is InChI=1S/C16H27NO/c18-16(10-4-1-5-11-16)12-6-2-7-13-17-14-8-3-9-15-17/h18H,1-5,7-11,13-15H2. The van der Waals surface area contributed by atoms with Crippen LogP contribution in [0.1, 0.15) is 64.2 Å². The molecule has 0 atom stereocenters. The molecule has 1 aliphatic carbocycles. The number of aliphatic hydroxyl groups is 1. The third-order valence-electron chi connectivity index (χ3n) is 4.23. The summed E-state index contributed by atoms with van der Waals surface area (Å²) < 4.78 is 0. The van der Waals surface area contributed by atoms with Crippen molar-refractivity contribution in [3.05, 3.63) is 0 Å². The van der Waals surface area contributed by atoms with E-state index in [1.54, 1.807) is 0 Å². The molecule has 0 radical (unpaired) electrons. The van der Waals surface area contributed by atoms with Gasteiger partial charge in [-0.05, 0) is 64.6 Å². The van der Waals surface area contributed by atoms with Crippen LogP contribution in [-0.2, 0) is 0 Å². The Bertz CT molecular complexity index is 290. The van der Waals surface area contributed by atoms with E-state index in [4.69, 9.17) is 0 Å². The van der Waals surface area contributed by atoms with Gasteiger partial charge in [0.05, 0.1) is 0 Å². The Morgan fingerprint density at radius 1 is 0.944 bits per heavy atom. The second-order valence-corrected chi connectivity index (χ2v) is 5.90. The highest BCUT2D eigenvalue weighted by Crippen LogP contribution is 2.27. The van der Waals surface area contributed by atoms with Crippen molar-refractivity contribution in [1.29, 1.82) is 0 Å². The van der Waals surface area contributed by atoms with Crippen LogP contribution in [0.3, 0.4) is 0 Å². The summed E-state index contributed by atoms with van der Waals surface area (Å²) in [7, 11) is 0. The predicted octanol–water partition coefficient (Wildman–Crippen LogP) is 2.95. The Hall–Kier alpha value is -0.520. The third-order valence-corrected chi connectivity index (χ3v) is 4.23. The molecule has 2 aliphatic rings. The lowest BCUT2D eigenvalue weighted by Gasteiger charge is -2.26. The van der Waals surface area contributed by atoms with E-state index < -0.39 is 5.60 Å². The fourth-order valence-corrected chi connectivity index (χ4v) is 3.06. The van der Waals surface area contributed by atoms with Crippen molar-refractivity contribution < 1.29 is 5.11 Å². The number of unbranched alkanes of at least 4 members (excludes halogenated alkanes) is 1. The smallest absolute Gasteiger partial charge is 0.125 e. The van der Waals surface area contributed by atoms with Gasteiger partial charge in [-0.3, -0.25) is 0 Å². The van der Waals surface area contributed by atoms with Gasteiger partial charge in [-0.15, -0.1) is 5.92 Å². The highest BCUT2D eigenvalue weighted by atomic mass is 16.3. The summed E-state index contributed by atoms with van der Waals surface area (Å²) in [4.78, 5) is 2.56. The molecule has 1 saturated carbocycles. The molecule has 0 aromatic rings. The van der Waals surface area contributed by atoms with Crippen LogP contribution in [0.25, 0.3) is 0 Å². The van der Waals surface area contributed by atoms with Crippen molar-refractivity contribution >= 4 is 0 Å². The summed E-state index contributed by atoms with van der Waals surface area (Å²) in [5.41, 5.74) is -0.649. The van der Waals surface area contributed by atoms with Gasteiger partial charge in [0.15, 0.2) is 0 Å². The maximum absolute atomic E-state index is 10.2. The van der Waals surface area contributed by atoms with E-state index in [-0.39, 0.29) is 0 Å². The van der Waals surface area contributed by atoms with Crippen molar-refractivity contribution in [3.8, 4) is 11.8 Å². The van der Waals surface area contributed by atoms with Crippen LogP contribution >= 0.6 is 0 Å². The quantitative estimate of drug-likeness (QED) is 0.614. The summed E-state index contributed by atoms with van der Waals surface area (Å²) in [6.45, 7) is 3.74. The van der Waals surface area contributed by atoms with E-state index in [0.29, 0.717) is 0 Å². The molecular weight excluding hydrogens is 222 g/mol. The predicted molar refractivity (Wildman–Crippen MR) is 75.3 cm³/mol. The van der Waals surface area contributed by atoms with Crippen LogP contribution in [0.4, 0.5) is 0 Å². The first-order chi connectivity index (χ1) is 8.79. The Morgan fingerprint density at radius 2 is 1.61 bits per heavy atom. The van der Waals surface area contributed by atoms with E-state index >= 15 is 0 Å². The Morgan fingerprint density at radius 3 is 2.33 bits per heavy atom. The molecule has 1 heterocycles. The lowest BCUT2D eigenvalue weighted by molar-refractivity contribution is 0.0609. The van der Waals surface area contributed by atoms with Crippen LogP contribution in [0.15, 0.2) is 0 Å². The van der Waals surface area contributed by atoms with Gasteiger partial charge < -0.3 is 10.0 Å². The molecule has 0 aromatic carbocycles. The third kappa shape index (κ3) is 4.63. The van der Waals surface area contributed by atoms with E-state index in [1.165, 1.54) is 45.3 Å². The number of likely N-dealkylation sites (tertiary alicyclic amines) is 1. The van der Waals surface area contributed by atoms with E-state index in [0.717, 1.165) is 38.5 Å². The zero-order valence-corrected chi connectivity index (χ0v) is 11.6. The number of piperidine rings is 1. The zero-order valence-electron chi connectivity index (χ0n) is 11.6. The molecule has 0 amide bonds. The van der Waals surface area contributed by atoms with Crippen molar-refractivity contribution in [1.82, 2.24) is 4.90 Å². The molecule has 1 N–H and O–H groups in total. The van der Waals surface area contributed by atoms with Gasteiger partial charge in [0, 0.05) is 6.42 Å². The second-order valence-electron chi connectivity index (χ2n) is 5.90. The fourth-order valence-electron chi connectivity index (χ4n) is 3.06. The Kier molecular flexibility index (Phi) is 5.53. The zero-order chi connectivity index (χ0) is 12.7. The molecule has 2 nitrogen and oxygen atoms in total.